The fourth-order valence-electron chi connectivity index (χ4n) is 1.70. The molecule has 0 bridgehead atoms. The number of carbonyl (C=O) groups is 1. The van der Waals surface area contributed by atoms with Gasteiger partial charge in [0.25, 0.3) is 0 Å². The largest absolute Gasteiger partial charge is 0.496 e. The molecule has 0 aliphatic heterocycles. The number of hydrogen-bond acceptors (Lipinski definition) is 3. The van der Waals surface area contributed by atoms with Crippen LogP contribution < -0.4 is 15.4 Å². The summed E-state index contributed by atoms with van der Waals surface area (Å²) in [6, 6.07) is 5.85. The summed E-state index contributed by atoms with van der Waals surface area (Å²) < 4.78 is 5.23. The number of hydrogen-bond donors (Lipinski definition) is 2. The third kappa shape index (κ3) is 3.89. The van der Waals surface area contributed by atoms with Gasteiger partial charge in [0.1, 0.15) is 5.75 Å². The maximum absolute atomic E-state index is 11.5. The van der Waals surface area contributed by atoms with Crippen molar-refractivity contribution in [2.45, 2.75) is 25.4 Å². The van der Waals surface area contributed by atoms with Crippen molar-refractivity contribution in [3.63, 3.8) is 0 Å². The maximum Gasteiger partial charge on any atom is 0.234 e. The second kappa shape index (κ2) is 6.07. The normalized spacial score (nSPS) is 14.3. The Hall–Kier alpha value is -1.26. The quantitative estimate of drug-likeness (QED) is 0.826. The van der Waals surface area contributed by atoms with Crippen LogP contribution in [0.1, 0.15) is 18.4 Å². The second-order valence-electron chi connectivity index (χ2n) is 4.40. The number of methoxy groups -OCH3 is 1. The van der Waals surface area contributed by atoms with Crippen LogP contribution >= 0.6 is 11.6 Å². The van der Waals surface area contributed by atoms with Crippen molar-refractivity contribution in [2.24, 2.45) is 0 Å². The molecule has 98 valence electrons. The average Bonchev–Trinajstić information content (AvgIpc) is 3.13. The van der Waals surface area contributed by atoms with E-state index < -0.39 is 0 Å². The van der Waals surface area contributed by atoms with Gasteiger partial charge in [-0.05, 0) is 31.0 Å². The molecule has 1 saturated carbocycles. The molecule has 1 aliphatic carbocycles. The molecule has 5 heteroatoms. The molecule has 2 rings (SSSR count). The van der Waals surface area contributed by atoms with E-state index in [2.05, 4.69) is 10.6 Å². The van der Waals surface area contributed by atoms with Gasteiger partial charge in [0.15, 0.2) is 0 Å². The third-order valence-corrected chi connectivity index (χ3v) is 3.02. The lowest BCUT2D eigenvalue weighted by Gasteiger charge is -2.10. The first kappa shape index (κ1) is 13.2. The first-order valence-corrected chi connectivity index (χ1v) is 6.39. The highest BCUT2D eigenvalue weighted by atomic mass is 35.5. The summed E-state index contributed by atoms with van der Waals surface area (Å²) in [5, 5.41) is 6.67. The lowest BCUT2D eigenvalue weighted by Crippen LogP contribution is -2.34. The summed E-state index contributed by atoms with van der Waals surface area (Å²) in [4.78, 5) is 11.5. The van der Waals surface area contributed by atoms with Crippen molar-refractivity contribution in [2.75, 3.05) is 13.7 Å². The van der Waals surface area contributed by atoms with Crippen molar-refractivity contribution >= 4 is 17.5 Å². The summed E-state index contributed by atoms with van der Waals surface area (Å²) in [6.45, 7) is 0.869. The topological polar surface area (TPSA) is 50.4 Å². The number of halogens is 1. The van der Waals surface area contributed by atoms with Crippen LogP contribution in [0.15, 0.2) is 18.2 Å². The average molecular weight is 269 g/mol. The van der Waals surface area contributed by atoms with Crippen molar-refractivity contribution < 1.29 is 9.53 Å². The Bertz CT molecular complexity index is 433. The summed E-state index contributed by atoms with van der Waals surface area (Å²) in [7, 11) is 1.62. The smallest absolute Gasteiger partial charge is 0.234 e. The first-order chi connectivity index (χ1) is 8.69. The molecule has 0 spiro atoms. The monoisotopic (exact) mass is 268 g/mol. The van der Waals surface area contributed by atoms with Gasteiger partial charge in [-0.1, -0.05) is 11.6 Å². The molecule has 0 unspecified atom stereocenters. The summed E-state index contributed by atoms with van der Waals surface area (Å²) in [5.41, 5.74) is 0.948. The Kier molecular flexibility index (Phi) is 4.44. The molecule has 0 radical (unpaired) electrons. The number of benzene rings is 1. The van der Waals surface area contributed by atoms with Crippen LogP contribution in [0.5, 0.6) is 5.75 Å². The number of amides is 1. The molecule has 1 aliphatic rings. The lowest BCUT2D eigenvalue weighted by molar-refractivity contribution is -0.120. The number of rotatable bonds is 6. The highest BCUT2D eigenvalue weighted by Crippen LogP contribution is 2.22. The van der Waals surface area contributed by atoms with Gasteiger partial charge >= 0.3 is 0 Å². The maximum atomic E-state index is 11.5. The zero-order chi connectivity index (χ0) is 13.0. The van der Waals surface area contributed by atoms with E-state index in [1.54, 1.807) is 13.2 Å². The Morgan fingerprint density at radius 1 is 1.50 bits per heavy atom. The van der Waals surface area contributed by atoms with E-state index >= 15 is 0 Å². The number of ether oxygens (including phenoxy) is 1. The highest BCUT2D eigenvalue weighted by Gasteiger charge is 2.22. The zero-order valence-corrected chi connectivity index (χ0v) is 11.1. The third-order valence-electron chi connectivity index (χ3n) is 2.79. The van der Waals surface area contributed by atoms with Gasteiger partial charge < -0.3 is 15.4 Å². The standard InChI is InChI=1S/C13H17ClN2O2/c1-18-12-5-2-10(14)6-9(12)7-15-8-13(17)16-11-3-4-11/h2,5-6,11,15H,3-4,7-8H2,1H3,(H,16,17). The van der Waals surface area contributed by atoms with E-state index in [1.807, 2.05) is 12.1 Å². The number of carbonyl (C=O) groups excluding carboxylic acids is 1. The fourth-order valence-corrected chi connectivity index (χ4v) is 1.90. The molecule has 0 aromatic heterocycles. The molecule has 0 heterocycles. The van der Waals surface area contributed by atoms with Gasteiger partial charge in [-0.2, -0.15) is 0 Å². The predicted octanol–water partition coefficient (Wildman–Crippen LogP) is 1.72. The van der Waals surface area contributed by atoms with Crippen LogP contribution in [0.25, 0.3) is 0 Å². The fraction of sp³-hybridized carbons (Fsp3) is 0.462. The van der Waals surface area contributed by atoms with Crippen LogP contribution in [-0.2, 0) is 11.3 Å². The van der Waals surface area contributed by atoms with Gasteiger partial charge in [-0.25, -0.2) is 0 Å². The van der Waals surface area contributed by atoms with Crippen LogP contribution in [0, 0.1) is 0 Å². The van der Waals surface area contributed by atoms with E-state index in [0.29, 0.717) is 24.2 Å². The SMILES string of the molecule is COc1ccc(Cl)cc1CNCC(=O)NC1CC1. The van der Waals surface area contributed by atoms with Gasteiger partial charge in [0.05, 0.1) is 13.7 Å². The van der Waals surface area contributed by atoms with E-state index in [-0.39, 0.29) is 5.91 Å². The zero-order valence-electron chi connectivity index (χ0n) is 10.3. The first-order valence-electron chi connectivity index (χ1n) is 6.01. The van der Waals surface area contributed by atoms with E-state index in [9.17, 15) is 4.79 Å². The van der Waals surface area contributed by atoms with Crippen LogP contribution in [0.2, 0.25) is 5.02 Å². The molecule has 4 nitrogen and oxygen atoms in total. The molecule has 1 amide bonds. The minimum atomic E-state index is 0.0403. The van der Waals surface area contributed by atoms with Crippen molar-refractivity contribution in [3.05, 3.63) is 28.8 Å². The van der Waals surface area contributed by atoms with E-state index in [4.69, 9.17) is 16.3 Å². The van der Waals surface area contributed by atoms with Gasteiger partial charge in [-0.3, -0.25) is 4.79 Å². The molecule has 0 saturated heterocycles. The second-order valence-corrected chi connectivity index (χ2v) is 4.84. The van der Waals surface area contributed by atoms with Gasteiger partial charge in [0.2, 0.25) is 5.91 Å². The molecule has 1 aromatic rings. The molecule has 1 fully saturated rings. The van der Waals surface area contributed by atoms with Crippen molar-refractivity contribution in [1.82, 2.24) is 10.6 Å². The molecular weight excluding hydrogens is 252 g/mol. The van der Waals surface area contributed by atoms with E-state index in [1.165, 1.54) is 0 Å². The molecule has 18 heavy (non-hydrogen) atoms. The van der Waals surface area contributed by atoms with Crippen molar-refractivity contribution in [1.29, 1.82) is 0 Å². The summed E-state index contributed by atoms with van der Waals surface area (Å²) in [6.07, 6.45) is 2.21. The van der Waals surface area contributed by atoms with Crippen LogP contribution in [-0.4, -0.2) is 25.6 Å². The van der Waals surface area contributed by atoms with Crippen LogP contribution in [0.3, 0.4) is 0 Å². The lowest BCUT2D eigenvalue weighted by atomic mass is 10.2. The molecule has 0 atom stereocenters. The molecule has 2 N–H and O–H groups in total. The molecule has 1 aromatic carbocycles. The van der Waals surface area contributed by atoms with Crippen LogP contribution in [0.4, 0.5) is 0 Å². The predicted molar refractivity (Wildman–Crippen MR) is 70.9 cm³/mol. The minimum Gasteiger partial charge on any atom is -0.496 e. The summed E-state index contributed by atoms with van der Waals surface area (Å²) >= 11 is 5.93. The number of nitrogens with one attached hydrogen (secondary N) is 2. The van der Waals surface area contributed by atoms with Crippen molar-refractivity contribution in [3.8, 4) is 5.75 Å². The Labute approximate surface area is 112 Å². The summed E-state index contributed by atoms with van der Waals surface area (Å²) in [5.74, 6) is 0.813. The van der Waals surface area contributed by atoms with E-state index in [0.717, 1.165) is 24.2 Å². The minimum absolute atomic E-state index is 0.0403. The highest BCUT2D eigenvalue weighted by molar-refractivity contribution is 6.30. The Morgan fingerprint density at radius 2 is 2.28 bits per heavy atom. The Balaban J connectivity index is 1.81. The van der Waals surface area contributed by atoms with Gasteiger partial charge in [-0.15, -0.1) is 0 Å². The van der Waals surface area contributed by atoms with Gasteiger partial charge in [0, 0.05) is 23.2 Å². The molecular formula is C13H17ClN2O2. The Morgan fingerprint density at radius 3 is 2.94 bits per heavy atom.